The van der Waals surface area contributed by atoms with Crippen LogP contribution >= 0.6 is 0 Å². The summed E-state index contributed by atoms with van der Waals surface area (Å²) in [7, 11) is 0. The molecule has 0 spiro atoms. The summed E-state index contributed by atoms with van der Waals surface area (Å²) in [5, 5.41) is 0. The van der Waals surface area contributed by atoms with Crippen molar-refractivity contribution in [3.8, 4) is 0 Å². The SMILES string of the molecule is CCCCCCCCCCCCCCCCOCc1ccoc1. The van der Waals surface area contributed by atoms with Gasteiger partial charge in [0.05, 0.1) is 19.1 Å². The van der Waals surface area contributed by atoms with Crippen molar-refractivity contribution in [2.45, 2.75) is 103 Å². The summed E-state index contributed by atoms with van der Waals surface area (Å²) in [6.07, 6.45) is 23.1. The Hall–Kier alpha value is -0.760. The van der Waals surface area contributed by atoms with Crippen LogP contribution in [-0.2, 0) is 11.3 Å². The summed E-state index contributed by atoms with van der Waals surface area (Å²) in [5.74, 6) is 0. The fourth-order valence-corrected chi connectivity index (χ4v) is 2.96. The highest BCUT2D eigenvalue weighted by molar-refractivity contribution is 5.02. The summed E-state index contributed by atoms with van der Waals surface area (Å²) >= 11 is 0. The van der Waals surface area contributed by atoms with Gasteiger partial charge in [0, 0.05) is 12.2 Å². The third-order valence-corrected chi connectivity index (χ3v) is 4.49. The van der Waals surface area contributed by atoms with Crippen LogP contribution in [0.15, 0.2) is 23.0 Å². The molecule has 0 aliphatic rings. The lowest BCUT2D eigenvalue weighted by atomic mass is 10.0. The molecule has 134 valence electrons. The van der Waals surface area contributed by atoms with E-state index in [1.165, 1.54) is 89.9 Å². The molecule has 0 atom stereocenters. The Morgan fingerprint density at radius 3 is 1.74 bits per heavy atom. The van der Waals surface area contributed by atoms with Crippen molar-refractivity contribution in [3.05, 3.63) is 24.2 Å². The molecule has 0 bridgehead atoms. The van der Waals surface area contributed by atoms with Crippen molar-refractivity contribution in [1.82, 2.24) is 0 Å². The van der Waals surface area contributed by atoms with E-state index in [4.69, 9.17) is 9.15 Å². The molecule has 0 aromatic carbocycles. The molecule has 1 aromatic rings. The maximum atomic E-state index is 5.63. The Balaban J connectivity index is 1.67. The molecule has 0 saturated heterocycles. The van der Waals surface area contributed by atoms with E-state index >= 15 is 0 Å². The van der Waals surface area contributed by atoms with Gasteiger partial charge in [-0.2, -0.15) is 0 Å². The van der Waals surface area contributed by atoms with Crippen LogP contribution in [0.1, 0.15) is 102 Å². The molecule has 0 N–H and O–H groups in total. The second-order valence-electron chi connectivity index (χ2n) is 6.78. The van der Waals surface area contributed by atoms with Crippen LogP contribution in [0.25, 0.3) is 0 Å². The molecular weight excluding hydrogens is 284 g/mol. The Labute approximate surface area is 144 Å². The van der Waals surface area contributed by atoms with Gasteiger partial charge in [-0.3, -0.25) is 0 Å². The highest BCUT2D eigenvalue weighted by Gasteiger charge is 1.96. The van der Waals surface area contributed by atoms with Gasteiger partial charge in [-0.05, 0) is 12.5 Å². The van der Waals surface area contributed by atoms with E-state index in [1.54, 1.807) is 12.5 Å². The van der Waals surface area contributed by atoms with Crippen LogP contribution in [0.4, 0.5) is 0 Å². The smallest absolute Gasteiger partial charge is 0.0957 e. The van der Waals surface area contributed by atoms with Gasteiger partial charge in [0.25, 0.3) is 0 Å². The summed E-state index contributed by atoms with van der Waals surface area (Å²) in [6.45, 7) is 3.85. The third-order valence-electron chi connectivity index (χ3n) is 4.49. The number of furan rings is 1. The van der Waals surface area contributed by atoms with E-state index in [2.05, 4.69) is 6.92 Å². The van der Waals surface area contributed by atoms with Gasteiger partial charge < -0.3 is 9.15 Å². The van der Waals surface area contributed by atoms with Crippen molar-refractivity contribution in [1.29, 1.82) is 0 Å². The second kappa shape index (κ2) is 16.1. The number of rotatable bonds is 17. The Morgan fingerprint density at radius 1 is 0.739 bits per heavy atom. The quantitative estimate of drug-likeness (QED) is 0.281. The molecule has 2 heteroatoms. The van der Waals surface area contributed by atoms with Crippen LogP contribution in [-0.4, -0.2) is 6.61 Å². The fourth-order valence-electron chi connectivity index (χ4n) is 2.96. The van der Waals surface area contributed by atoms with Crippen LogP contribution in [0.2, 0.25) is 0 Å². The fraction of sp³-hybridized carbons (Fsp3) is 0.810. The Kier molecular flexibility index (Phi) is 14.2. The lowest BCUT2D eigenvalue weighted by Crippen LogP contribution is -1.94. The van der Waals surface area contributed by atoms with Gasteiger partial charge in [-0.15, -0.1) is 0 Å². The maximum Gasteiger partial charge on any atom is 0.0957 e. The molecule has 0 radical (unpaired) electrons. The van der Waals surface area contributed by atoms with Crippen LogP contribution in [0.5, 0.6) is 0 Å². The normalized spacial score (nSPS) is 11.2. The minimum absolute atomic E-state index is 0.689. The van der Waals surface area contributed by atoms with Crippen LogP contribution in [0, 0.1) is 0 Å². The zero-order valence-electron chi connectivity index (χ0n) is 15.4. The first kappa shape index (κ1) is 20.3. The van der Waals surface area contributed by atoms with Crippen molar-refractivity contribution >= 4 is 0 Å². The average Bonchev–Trinajstić information content (AvgIpc) is 3.08. The monoisotopic (exact) mass is 322 g/mol. The summed E-state index contributed by atoms with van der Waals surface area (Å²) in [5.41, 5.74) is 1.13. The average molecular weight is 323 g/mol. The van der Waals surface area contributed by atoms with Gasteiger partial charge in [0.2, 0.25) is 0 Å². The van der Waals surface area contributed by atoms with Gasteiger partial charge in [-0.1, -0.05) is 90.4 Å². The standard InChI is InChI=1S/C21H38O2/c1-2-3-4-5-6-7-8-9-10-11-12-13-14-15-17-22-19-21-16-18-23-20-21/h16,18,20H,2-15,17,19H2,1H3. The molecule has 0 unspecified atom stereocenters. The number of hydrogen-bond donors (Lipinski definition) is 0. The second-order valence-corrected chi connectivity index (χ2v) is 6.78. The minimum Gasteiger partial charge on any atom is -0.472 e. The van der Waals surface area contributed by atoms with Gasteiger partial charge in [-0.25, -0.2) is 0 Å². The topological polar surface area (TPSA) is 22.4 Å². The molecule has 1 heterocycles. The van der Waals surface area contributed by atoms with E-state index in [0.29, 0.717) is 6.61 Å². The Bertz CT molecular complexity index is 319. The molecule has 2 nitrogen and oxygen atoms in total. The molecule has 23 heavy (non-hydrogen) atoms. The molecule has 0 aliphatic carbocycles. The zero-order chi connectivity index (χ0) is 16.4. The molecule has 0 fully saturated rings. The zero-order valence-corrected chi connectivity index (χ0v) is 15.4. The highest BCUT2D eigenvalue weighted by atomic mass is 16.5. The lowest BCUT2D eigenvalue weighted by Gasteiger charge is -2.04. The highest BCUT2D eigenvalue weighted by Crippen LogP contribution is 2.13. The number of hydrogen-bond acceptors (Lipinski definition) is 2. The number of unbranched alkanes of at least 4 members (excludes halogenated alkanes) is 13. The first-order valence-electron chi connectivity index (χ1n) is 10.0. The van der Waals surface area contributed by atoms with Gasteiger partial charge in [0.1, 0.15) is 0 Å². The van der Waals surface area contributed by atoms with Crippen molar-refractivity contribution in [3.63, 3.8) is 0 Å². The summed E-state index contributed by atoms with van der Waals surface area (Å²) in [6, 6.07) is 1.96. The number of ether oxygens (including phenoxy) is 1. The minimum atomic E-state index is 0.689. The predicted octanol–water partition coefficient (Wildman–Crippen LogP) is 7.28. The molecule has 0 saturated carbocycles. The molecule has 1 aromatic heterocycles. The van der Waals surface area contributed by atoms with E-state index in [0.717, 1.165) is 12.2 Å². The molecule has 0 aliphatic heterocycles. The predicted molar refractivity (Wildman–Crippen MR) is 98.7 cm³/mol. The van der Waals surface area contributed by atoms with E-state index in [9.17, 15) is 0 Å². The van der Waals surface area contributed by atoms with E-state index in [1.807, 2.05) is 6.07 Å². The summed E-state index contributed by atoms with van der Waals surface area (Å²) < 4.78 is 10.6. The van der Waals surface area contributed by atoms with Crippen LogP contribution < -0.4 is 0 Å². The largest absolute Gasteiger partial charge is 0.472 e. The first-order valence-corrected chi connectivity index (χ1v) is 10.0. The molecule has 1 rings (SSSR count). The van der Waals surface area contributed by atoms with Gasteiger partial charge in [0.15, 0.2) is 0 Å². The summed E-state index contributed by atoms with van der Waals surface area (Å²) in [4.78, 5) is 0. The van der Waals surface area contributed by atoms with Crippen molar-refractivity contribution < 1.29 is 9.15 Å². The Morgan fingerprint density at radius 2 is 1.26 bits per heavy atom. The van der Waals surface area contributed by atoms with E-state index in [-0.39, 0.29) is 0 Å². The first-order chi connectivity index (χ1) is 11.4. The van der Waals surface area contributed by atoms with Crippen molar-refractivity contribution in [2.24, 2.45) is 0 Å². The third kappa shape index (κ3) is 13.4. The molecular formula is C21H38O2. The lowest BCUT2D eigenvalue weighted by molar-refractivity contribution is 0.116. The van der Waals surface area contributed by atoms with Crippen molar-refractivity contribution in [2.75, 3.05) is 6.61 Å². The molecule has 0 amide bonds. The van der Waals surface area contributed by atoms with E-state index < -0.39 is 0 Å². The van der Waals surface area contributed by atoms with Crippen LogP contribution in [0.3, 0.4) is 0 Å². The maximum absolute atomic E-state index is 5.63. The van der Waals surface area contributed by atoms with Gasteiger partial charge >= 0.3 is 0 Å².